The molecule has 1 aliphatic carbocycles. The molecule has 1 aliphatic rings. The van der Waals surface area contributed by atoms with Gasteiger partial charge in [-0.05, 0) is 25.7 Å². The summed E-state index contributed by atoms with van der Waals surface area (Å²) in [5, 5.41) is 0. The third kappa shape index (κ3) is 5.20. The second-order valence-electron chi connectivity index (χ2n) is 3.76. The molecule has 2 N–H and O–H groups in total. The van der Waals surface area contributed by atoms with Crippen molar-refractivity contribution in [2.75, 3.05) is 6.61 Å². The Kier molecular flexibility index (Phi) is 4.40. The molecule has 0 aromatic carbocycles. The lowest BCUT2D eigenvalue weighted by Crippen LogP contribution is -2.32. The summed E-state index contributed by atoms with van der Waals surface area (Å²) in [6.45, 7) is -1.22. The van der Waals surface area contributed by atoms with E-state index in [4.69, 9.17) is 15.2 Å². The van der Waals surface area contributed by atoms with Crippen molar-refractivity contribution in [2.24, 2.45) is 5.73 Å². The maximum Gasteiger partial charge on any atom is 0.411 e. The number of rotatable bonds is 3. The number of amides is 1. The van der Waals surface area contributed by atoms with Gasteiger partial charge in [0.2, 0.25) is 0 Å². The molecule has 0 radical (unpaired) electrons. The minimum absolute atomic E-state index is 0.289. The number of nitrogens with two attached hydrogens (primary N) is 1. The number of hydrogen-bond donors (Lipinski definition) is 1. The molecule has 4 nitrogen and oxygen atoms in total. The first-order valence-corrected chi connectivity index (χ1v) is 5.01. The van der Waals surface area contributed by atoms with Gasteiger partial charge in [0, 0.05) is 0 Å². The van der Waals surface area contributed by atoms with Crippen molar-refractivity contribution in [1.29, 1.82) is 0 Å². The zero-order valence-corrected chi connectivity index (χ0v) is 8.63. The third-order valence-electron chi connectivity index (χ3n) is 2.39. The predicted molar refractivity (Wildman–Crippen MR) is 48.7 cm³/mol. The molecule has 94 valence electrons. The molecule has 0 bridgehead atoms. The SMILES string of the molecule is NC(=O)O[C@H]1CC[C@@H](OCC(F)(F)F)CC1. The summed E-state index contributed by atoms with van der Waals surface area (Å²) in [4.78, 5) is 10.4. The van der Waals surface area contributed by atoms with Crippen molar-refractivity contribution in [2.45, 2.75) is 44.1 Å². The lowest BCUT2D eigenvalue weighted by molar-refractivity contribution is -0.189. The number of ether oxygens (including phenoxy) is 2. The zero-order chi connectivity index (χ0) is 12.2. The normalized spacial score (nSPS) is 26.4. The number of alkyl halides is 3. The highest BCUT2D eigenvalue weighted by Crippen LogP contribution is 2.25. The summed E-state index contributed by atoms with van der Waals surface area (Å²) in [5.41, 5.74) is 4.83. The van der Waals surface area contributed by atoms with Crippen LogP contribution < -0.4 is 5.73 Å². The second kappa shape index (κ2) is 5.38. The first kappa shape index (κ1) is 13.1. The first-order valence-electron chi connectivity index (χ1n) is 5.01. The quantitative estimate of drug-likeness (QED) is 0.821. The summed E-state index contributed by atoms with van der Waals surface area (Å²) in [5.74, 6) is 0. The van der Waals surface area contributed by atoms with E-state index in [1.54, 1.807) is 0 Å². The first-order chi connectivity index (χ1) is 7.37. The lowest BCUT2D eigenvalue weighted by atomic mass is 9.95. The molecular formula is C9H14F3NO3. The van der Waals surface area contributed by atoms with Crippen LogP contribution in [0.4, 0.5) is 18.0 Å². The molecule has 1 fully saturated rings. The Morgan fingerprint density at radius 2 is 1.69 bits per heavy atom. The van der Waals surface area contributed by atoms with Crippen LogP contribution in [0, 0.1) is 0 Å². The molecule has 0 atom stereocenters. The van der Waals surface area contributed by atoms with Gasteiger partial charge in [0.1, 0.15) is 12.7 Å². The van der Waals surface area contributed by atoms with Crippen molar-refractivity contribution in [3.63, 3.8) is 0 Å². The van der Waals surface area contributed by atoms with E-state index in [0.29, 0.717) is 25.7 Å². The Labute approximate surface area is 90.9 Å². The van der Waals surface area contributed by atoms with E-state index in [2.05, 4.69) is 0 Å². The van der Waals surface area contributed by atoms with Crippen LogP contribution in [0.15, 0.2) is 0 Å². The van der Waals surface area contributed by atoms with E-state index < -0.39 is 25.0 Å². The fourth-order valence-electron chi connectivity index (χ4n) is 1.69. The molecule has 0 spiro atoms. The molecule has 0 saturated heterocycles. The van der Waals surface area contributed by atoms with Gasteiger partial charge in [0.25, 0.3) is 0 Å². The van der Waals surface area contributed by atoms with Crippen LogP contribution in [0.5, 0.6) is 0 Å². The van der Waals surface area contributed by atoms with Crippen LogP contribution in [0.2, 0.25) is 0 Å². The number of carbonyl (C=O) groups excluding carboxylic acids is 1. The Morgan fingerprint density at radius 3 is 2.12 bits per heavy atom. The Balaban J connectivity index is 2.19. The largest absolute Gasteiger partial charge is 0.446 e. The molecule has 1 rings (SSSR count). The fourth-order valence-corrected chi connectivity index (χ4v) is 1.69. The standard InChI is InChI=1S/C9H14F3NO3/c10-9(11,12)5-15-6-1-3-7(4-2-6)16-8(13)14/h6-7H,1-5H2,(H2,13,14)/t6-,7+. The van der Waals surface area contributed by atoms with Crippen molar-refractivity contribution >= 4 is 6.09 Å². The van der Waals surface area contributed by atoms with E-state index in [-0.39, 0.29) is 6.10 Å². The predicted octanol–water partition coefficient (Wildman–Crippen LogP) is 1.97. The summed E-state index contributed by atoms with van der Waals surface area (Å²) in [6.07, 6.45) is -3.95. The Bertz CT molecular complexity index is 237. The number of hydrogen-bond acceptors (Lipinski definition) is 3. The monoisotopic (exact) mass is 241 g/mol. The van der Waals surface area contributed by atoms with E-state index >= 15 is 0 Å². The molecule has 0 unspecified atom stereocenters. The second-order valence-corrected chi connectivity index (χ2v) is 3.76. The van der Waals surface area contributed by atoms with Crippen molar-refractivity contribution in [1.82, 2.24) is 0 Å². The van der Waals surface area contributed by atoms with Crippen LogP contribution in [-0.2, 0) is 9.47 Å². The maximum atomic E-state index is 11.8. The summed E-state index contributed by atoms with van der Waals surface area (Å²) >= 11 is 0. The zero-order valence-electron chi connectivity index (χ0n) is 8.63. The van der Waals surface area contributed by atoms with Gasteiger partial charge in [0.15, 0.2) is 0 Å². The highest BCUT2D eigenvalue weighted by Gasteiger charge is 2.31. The summed E-state index contributed by atoms with van der Waals surface area (Å²) in [7, 11) is 0. The average Bonchev–Trinajstić information content (AvgIpc) is 2.14. The van der Waals surface area contributed by atoms with Gasteiger partial charge in [-0.2, -0.15) is 13.2 Å². The maximum absolute atomic E-state index is 11.8. The smallest absolute Gasteiger partial charge is 0.411 e. The van der Waals surface area contributed by atoms with E-state index in [1.807, 2.05) is 0 Å². The van der Waals surface area contributed by atoms with E-state index in [1.165, 1.54) is 0 Å². The number of carbonyl (C=O) groups is 1. The minimum Gasteiger partial charge on any atom is -0.446 e. The third-order valence-corrected chi connectivity index (χ3v) is 2.39. The van der Waals surface area contributed by atoms with Crippen LogP contribution >= 0.6 is 0 Å². The van der Waals surface area contributed by atoms with Crippen LogP contribution in [0.3, 0.4) is 0 Å². The van der Waals surface area contributed by atoms with Crippen molar-refractivity contribution in [3.8, 4) is 0 Å². The van der Waals surface area contributed by atoms with Gasteiger partial charge in [-0.3, -0.25) is 0 Å². The molecule has 0 aliphatic heterocycles. The molecule has 7 heteroatoms. The van der Waals surface area contributed by atoms with Gasteiger partial charge in [0.05, 0.1) is 6.10 Å². The molecule has 0 aromatic heterocycles. The van der Waals surface area contributed by atoms with Crippen molar-refractivity contribution in [3.05, 3.63) is 0 Å². The summed E-state index contributed by atoms with van der Waals surface area (Å²) in [6, 6.07) is 0. The van der Waals surface area contributed by atoms with Crippen molar-refractivity contribution < 1.29 is 27.4 Å². The van der Waals surface area contributed by atoms with Crippen LogP contribution in [0.25, 0.3) is 0 Å². The molecule has 1 saturated carbocycles. The highest BCUT2D eigenvalue weighted by atomic mass is 19.4. The Hall–Kier alpha value is -0.980. The van der Waals surface area contributed by atoms with Gasteiger partial charge in [-0.1, -0.05) is 0 Å². The molecular weight excluding hydrogens is 227 g/mol. The topological polar surface area (TPSA) is 61.6 Å². The molecule has 0 aromatic rings. The minimum atomic E-state index is -4.29. The highest BCUT2D eigenvalue weighted by molar-refractivity contribution is 5.64. The van der Waals surface area contributed by atoms with E-state index in [9.17, 15) is 18.0 Å². The molecule has 0 heterocycles. The van der Waals surface area contributed by atoms with Crippen LogP contribution in [-0.4, -0.2) is 31.1 Å². The summed E-state index contributed by atoms with van der Waals surface area (Å²) < 4.78 is 45.0. The Morgan fingerprint density at radius 1 is 1.19 bits per heavy atom. The van der Waals surface area contributed by atoms with Gasteiger partial charge < -0.3 is 15.2 Å². The number of halogens is 3. The average molecular weight is 241 g/mol. The van der Waals surface area contributed by atoms with Gasteiger partial charge >= 0.3 is 12.3 Å². The molecule has 1 amide bonds. The van der Waals surface area contributed by atoms with Crippen LogP contribution in [0.1, 0.15) is 25.7 Å². The fraction of sp³-hybridized carbons (Fsp3) is 0.889. The van der Waals surface area contributed by atoms with E-state index in [0.717, 1.165) is 0 Å². The lowest BCUT2D eigenvalue weighted by Gasteiger charge is -2.28. The molecule has 16 heavy (non-hydrogen) atoms. The number of primary amides is 1. The van der Waals surface area contributed by atoms with Gasteiger partial charge in [-0.25, -0.2) is 4.79 Å². The van der Waals surface area contributed by atoms with Gasteiger partial charge in [-0.15, -0.1) is 0 Å².